The minimum Gasteiger partial charge on any atom is -0.306 e. The van der Waals surface area contributed by atoms with Crippen molar-refractivity contribution in [2.24, 2.45) is 0 Å². The molecule has 0 atom stereocenters. The molecule has 1 amide bonds. The summed E-state index contributed by atoms with van der Waals surface area (Å²) >= 11 is 0. The Labute approximate surface area is 170 Å². The Hall–Kier alpha value is -3.66. The molecule has 4 aromatic rings. The van der Waals surface area contributed by atoms with E-state index in [2.05, 4.69) is 37.4 Å². The molecule has 4 nitrogen and oxygen atoms in total. The molecule has 2 aromatic heterocycles. The van der Waals surface area contributed by atoms with Crippen molar-refractivity contribution < 1.29 is 4.79 Å². The van der Waals surface area contributed by atoms with Crippen LogP contribution in [0.2, 0.25) is 0 Å². The molecule has 2 aromatic carbocycles. The first-order chi connectivity index (χ1) is 14.0. The van der Waals surface area contributed by atoms with E-state index in [0.717, 1.165) is 39.2 Å². The van der Waals surface area contributed by atoms with E-state index in [1.807, 2.05) is 60.0 Å². The van der Waals surface area contributed by atoms with Gasteiger partial charge in [-0.15, -0.1) is 0 Å². The molecular formula is C25H23N3O. The number of benzene rings is 2. The van der Waals surface area contributed by atoms with Crippen LogP contribution in [0.25, 0.3) is 23.0 Å². The Bertz CT molecular complexity index is 1200. The lowest BCUT2D eigenvalue weighted by atomic mass is 10.1. The van der Waals surface area contributed by atoms with Crippen LogP contribution in [0, 0.1) is 20.8 Å². The number of aryl methyl sites for hydroxylation is 3. The first-order valence-corrected chi connectivity index (χ1v) is 9.61. The summed E-state index contributed by atoms with van der Waals surface area (Å²) in [5.41, 5.74) is 6.99. The molecule has 0 aliphatic heterocycles. The molecule has 4 heteroatoms. The SMILES string of the molecule is Cc1cc(C)cc(-c2nc3cc(C)ccn3c2NC(=O)/C=C/c2ccccc2)c1. The van der Waals surface area contributed by atoms with Gasteiger partial charge in [0.05, 0.1) is 0 Å². The van der Waals surface area contributed by atoms with Gasteiger partial charge in [-0.2, -0.15) is 0 Å². The average Bonchev–Trinajstić information content (AvgIpc) is 3.04. The van der Waals surface area contributed by atoms with E-state index in [0.29, 0.717) is 5.82 Å². The number of rotatable bonds is 4. The van der Waals surface area contributed by atoms with E-state index in [9.17, 15) is 4.79 Å². The second kappa shape index (κ2) is 7.76. The molecule has 0 spiro atoms. The number of anilines is 1. The summed E-state index contributed by atoms with van der Waals surface area (Å²) in [5, 5.41) is 3.04. The van der Waals surface area contributed by atoms with Gasteiger partial charge in [0.15, 0.2) is 0 Å². The molecule has 0 fully saturated rings. The number of hydrogen-bond donors (Lipinski definition) is 1. The number of amides is 1. The number of nitrogens with zero attached hydrogens (tertiary/aromatic N) is 2. The smallest absolute Gasteiger partial charge is 0.249 e. The lowest BCUT2D eigenvalue weighted by Crippen LogP contribution is -2.10. The zero-order chi connectivity index (χ0) is 20.4. The third kappa shape index (κ3) is 4.11. The predicted octanol–water partition coefficient (Wildman–Crippen LogP) is 5.58. The number of fused-ring (bicyclic) bond motifs is 1. The van der Waals surface area contributed by atoms with Gasteiger partial charge in [-0.25, -0.2) is 4.98 Å². The Kier molecular flexibility index (Phi) is 5.00. The Morgan fingerprint density at radius 2 is 1.66 bits per heavy atom. The predicted molar refractivity (Wildman–Crippen MR) is 119 cm³/mol. The summed E-state index contributed by atoms with van der Waals surface area (Å²) in [6.45, 7) is 6.17. The van der Waals surface area contributed by atoms with Gasteiger partial charge in [0, 0.05) is 17.8 Å². The minimum atomic E-state index is -0.193. The topological polar surface area (TPSA) is 46.4 Å². The van der Waals surface area contributed by atoms with Crippen LogP contribution in [0.4, 0.5) is 5.82 Å². The number of hydrogen-bond acceptors (Lipinski definition) is 2. The molecular weight excluding hydrogens is 358 g/mol. The van der Waals surface area contributed by atoms with Crippen molar-refractivity contribution in [2.45, 2.75) is 20.8 Å². The molecule has 0 radical (unpaired) electrons. The van der Waals surface area contributed by atoms with Gasteiger partial charge in [-0.05, 0) is 62.2 Å². The van der Waals surface area contributed by atoms with Crippen molar-refractivity contribution in [2.75, 3.05) is 5.32 Å². The first kappa shape index (κ1) is 18.7. The zero-order valence-electron chi connectivity index (χ0n) is 16.8. The van der Waals surface area contributed by atoms with Crippen LogP contribution >= 0.6 is 0 Å². The molecule has 29 heavy (non-hydrogen) atoms. The van der Waals surface area contributed by atoms with Crippen LogP contribution in [0.3, 0.4) is 0 Å². The maximum absolute atomic E-state index is 12.7. The van der Waals surface area contributed by atoms with Crippen molar-refractivity contribution in [3.8, 4) is 11.3 Å². The number of carbonyl (C=O) groups excluding carboxylic acids is 1. The molecule has 0 saturated carbocycles. The minimum absolute atomic E-state index is 0.193. The highest BCUT2D eigenvalue weighted by molar-refractivity contribution is 6.03. The molecule has 1 N–H and O–H groups in total. The highest BCUT2D eigenvalue weighted by atomic mass is 16.1. The molecule has 4 rings (SSSR count). The van der Waals surface area contributed by atoms with Crippen molar-refractivity contribution in [3.63, 3.8) is 0 Å². The van der Waals surface area contributed by atoms with E-state index in [1.54, 1.807) is 12.2 Å². The second-order valence-corrected chi connectivity index (χ2v) is 7.35. The van der Waals surface area contributed by atoms with Crippen LogP contribution in [0.1, 0.15) is 22.3 Å². The van der Waals surface area contributed by atoms with E-state index in [4.69, 9.17) is 4.98 Å². The second-order valence-electron chi connectivity index (χ2n) is 7.35. The Balaban J connectivity index is 1.75. The largest absolute Gasteiger partial charge is 0.306 e. The summed E-state index contributed by atoms with van der Waals surface area (Å²) in [4.78, 5) is 17.5. The fourth-order valence-corrected chi connectivity index (χ4v) is 3.47. The zero-order valence-corrected chi connectivity index (χ0v) is 16.8. The molecule has 0 aliphatic carbocycles. The lowest BCUT2D eigenvalue weighted by Gasteiger charge is -2.08. The van der Waals surface area contributed by atoms with Crippen molar-refractivity contribution >= 4 is 23.4 Å². The molecule has 0 unspecified atom stereocenters. The molecule has 0 saturated heterocycles. The lowest BCUT2D eigenvalue weighted by molar-refractivity contribution is -0.111. The van der Waals surface area contributed by atoms with Crippen molar-refractivity contribution in [3.05, 3.63) is 95.2 Å². The fourth-order valence-electron chi connectivity index (χ4n) is 3.47. The van der Waals surface area contributed by atoms with Crippen LogP contribution in [-0.4, -0.2) is 15.3 Å². The van der Waals surface area contributed by atoms with Gasteiger partial charge < -0.3 is 5.32 Å². The summed E-state index contributed by atoms with van der Waals surface area (Å²) in [6.07, 6.45) is 5.30. The standard InChI is InChI=1S/C25H23N3O/c1-17-11-12-28-22(16-17)26-24(21-14-18(2)13-19(3)15-21)25(28)27-23(29)10-9-20-7-5-4-6-8-20/h4-16H,1-3H3,(H,27,29)/b10-9+. The number of imidazole rings is 1. The third-order valence-corrected chi connectivity index (χ3v) is 4.75. The first-order valence-electron chi connectivity index (χ1n) is 9.61. The highest BCUT2D eigenvalue weighted by Crippen LogP contribution is 2.30. The van der Waals surface area contributed by atoms with Crippen LogP contribution in [0.5, 0.6) is 0 Å². The molecule has 0 aliphatic rings. The van der Waals surface area contributed by atoms with Gasteiger partial charge in [0.25, 0.3) is 0 Å². The normalized spacial score (nSPS) is 11.3. The molecule has 2 heterocycles. The van der Waals surface area contributed by atoms with Gasteiger partial charge in [-0.3, -0.25) is 9.20 Å². The quantitative estimate of drug-likeness (QED) is 0.469. The summed E-state index contributed by atoms with van der Waals surface area (Å²) in [5.74, 6) is 0.481. The molecule has 144 valence electrons. The maximum Gasteiger partial charge on any atom is 0.249 e. The van der Waals surface area contributed by atoms with E-state index >= 15 is 0 Å². The average molecular weight is 381 g/mol. The summed E-state index contributed by atoms with van der Waals surface area (Å²) in [6, 6.07) is 20.1. The summed E-state index contributed by atoms with van der Waals surface area (Å²) < 4.78 is 1.92. The fraction of sp³-hybridized carbons (Fsp3) is 0.120. The van der Waals surface area contributed by atoms with E-state index < -0.39 is 0 Å². The summed E-state index contributed by atoms with van der Waals surface area (Å²) in [7, 11) is 0. The van der Waals surface area contributed by atoms with Gasteiger partial charge >= 0.3 is 0 Å². The maximum atomic E-state index is 12.7. The van der Waals surface area contributed by atoms with Crippen LogP contribution in [0.15, 0.2) is 72.9 Å². The van der Waals surface area contributed by atoms with E-state index in [-0.39, 0.29) is 5.91 Å². The molecule has 0 bridgehead atoms. The van der Waals surface area contributed by atoms with E-state index in [1.165, 1.54) is 0 Å². The number of nitrogens with one attached hydrogen (secondary N) is 1. The Morgan fingerprint density at radius 3 is 2.38 bits per heavy atom. The van der Waals surface area contributed by atoms with Crippen molar-refractivity contribution in [1.29, 1.82) is 0 Å². The Morgan fingerprint density at radius 1 is 0.931 bits per heavy atom. The third-order valence-electron chi connectivity index (χ3n) is 4.75. The van der Waals surface area contributed by atoms with Gasteiger partial charge in [-0.1, -0.05) is 47.5 Å². The van der Waals surface area contributed by atoms with Crippen molar-refractivity contribution in [1.82, 2.24) is 9.38 Å². The number of carbonyl (C=O) groups is 1. The number of aromatic nitrogens is 2. The van der Waals surface area contributed by atoms with Gasteiger partial charge in [0.1, 0.15) is 17.2 Å². The van der Waals surface area contributed by atoms with Gasteiger partial charge in [0.2, 0.25) is 5.91 Å². The highest BCUT2D eigenvalue weighted by Gasteiger charge is 2.16. The van der Waals surface area contributed by atoms with Crippen LogP contribution < -0.4 is 5.32 Å². The van der Waals surface area contributed by atoms with Crippen LogP contribution in [-0.2, 0) is 4.79 Å². The monoisotopic (exact) mass is 381 g/mol. The number of pyridine rings is 1.